The highest BCUT2D eigenvalue weighted by atomic mass is 16.5. The Hall–Kier alpha value is -12.1. The fourth-order valence-electron chi connectivity index (χ4n) is 11.4. The summed E-state index contributed by atoms with van der Waals surface area (Å²) in [4.78, 5) is 23.5. The second-order valence-electron chi connectivity index (χ2n) is 20.6. The highest BCUT2D eigenvalue weighted by Gasteiger charge is 2.23. The van der Waals surface area contributed by atoms with Crippen LogP contribution in [0.3, 0.4) is 0 Å². The second kappa shape index (κ2) is 22.3. The molecule has 2 N–H and O–H groups in total. The number of anilines is 8. The molecule has 10 aromatic carbocycles. The molecule has 14 rings (SSSR count). The van der Waals surface area contributed by atoms with Gasteiger partial charge < -0.3 is 29.9 Å². The van der Waals surface area contributed by atoms with E-state index in [9.17, 15) is 10.5 Å². The molecule has 0 fully saturated rings. The number of pyridine rings is 2. The van der Waals surface area contributed by atoms with Crippen LogP contribution in [0.15, 0.2) is 265 Å². The summed E-state index contributed by atoms with van der Waals surface area (Å²) in [5.74, 6) is 4.26. The summed E-state index contributed by atoms with van der Waals surface area (Å²) >= 11 is 0. The Balaban J connectivity index is 0.711. The number of nitrogens with one attached hydrogen (secondary N) is 2. The van der Waals surface area contributed by atoms with E-state index in [0.717, 1.165) is 102 Å². The first kappa shape index (κ1) is 52.0. The maximum atomic E-state index is 10.8. The number of amidine groups is 2. The monoisotopic (exact) mass is 1110 g/mol. The largest absolute Gasteiger partial charge is 0.497 e. The number of methoxy groups -OCH3 is 2. The lowest BCUT2D eigenvalue weighted by atomic mass is 9.95. The summed E-state index contributed by atoms with van der Waals surface area (Å²) in [6.07, 6.45) is 3.70. The molecule has 0 saturated heterocycles. The maximum Gasteiger partial charge on any atom is 0.154 e. The van der Waals surface area contributed by atoms with Crippen molar-refractivity contribution in [3.8, 4) is 45.9 Å². The van der Waals surface area contributed by atoms with Crippen molar-refractivity contribution < 1.29 is 9.47 Å². The van der Waals surface area contributed by atoms with Crippen LogP contribution in [0.25, 0.3) is 54.9 Å². The molecule has 12 heteroatoms. The first-order valence-electron chi connectivity index (χ1n) is 27.9. The summed E-state index contributed by atoms with van der Waals surface area (Å²) in [5, 5.41) is 33.2. The molecule has 4 heterocycles. The van der Waals surface area contributed by atoms with Crippen LogP contribution in [0.2, 0.25) is 0 Å². The molecule has 0 aliphatic carbocycles. The van der Waals surface area contributed by atoms with Crippen LogP contribution in [0.5, 0.6) is 11.5 Å². The molecule has 86 heavy (non-hydrogen) atoms. The minimum Gasteiger partial charge on any atom is -0.497 e. The molecule has 0 atom stereocenters. The van der Waals surface area contributed by atoms with Crippen LogP contribution >= 0.6 is 0 Å². The van der Waals surface area contributed by atoms with Crippen LogP contribution in [0.4, 0.5) is 57.1 Å². The van der Waals surface area contributed by atoms with Crippen molar-refractivity contribution in [3.05, 3.63) is 277 Å². The predicted molar refractivity (Wildman–Crippen MR) is 347 cm³/mol. The highest BCUT2D eigenvalue weighted by molar-refractivity contribution is 6.27. The Bertz CT molecular complexity index is 4430. The van der Waals surface area contributed by atoms with Gasteiger partial charge in [0, 0.05) is 90.9 Å². The van der Waals surface area contributed by atoms with Crippen LogP contribution in [-0.2, 0) is 0 Å². The average Bonchev–Trinajstić information content (AvgIpc) is 3.25. The minimum absolute atomic E-state index is 0.260. The lowest BCUT2D eigenvalue weighted by Crippen LogP contribution is -2.10. The summed E-state index contributed by atoms with van der Waals surface area (Å²) in [5.41, 5.74) is 15.2. The zero-order valence-corrected chi connectivity index (χ0v) is 46.6. The molecule has 0 spiro atoms. The van der Waals surface area contributed by atoms with E-state index >= 15 is 0 Å². The first-order chi connectivity index (χ1) is 42.4. The summed E-state index contributed by atoms with van der Waals surface area (Å²) < 4.78 is 11.0. The number of aromatic nitrogens is 2. The van der Waals surface area contributed by atoms with E-state index in [-0.39, 0.29) is 11.1 Å². The smallest absolute Gasteiger partial charge is 0.154 e. The molecule has 2 aliphatic rings. The Morgan fingerprint density at radius 1 is 0.384 bits per heavy atom. The molecular weight excluding hydrogens is 1060 g/mol. The fourth-order valence-corrected chi connectivity index (χ4v) is 11.4. The van der Waals surface area contributed by atoms with E-state index < -0.39 is 0 Å². The molecule has 0 saturated carbocycles. The molecule has 12 nitrogen and oxygen atoms in total. The number of hydrogen-bond donors (Lipinski definition) is 2. The van der Waals surface area contributed by atoms with Gasteiger partial charge in [-0.2, -0.15) is 10.5 Å². The third kappa shape index (κ3) is 9.81. The molecule has 0 amide bonds. The average molecular weight is 1110 g/mol. The van der Waals surface area contributed by atoms with Crippen molar-refractivity contribution in [1.82, 2.24) is 9.97 Å². The van der Waals surface area contributed by atoms with Gasteiger partial charge >= 0.3 is 0 Å². The summed E-state index contributed by atoms with van der Waals surface area (Å²) in [7, 11) is 3.30. The van der Waals surface area contributed by atoms with Gasteiger partial charge in [0.2, 0.25) is 0 Å². The van der Waals surface area contributed by atoms with E-state index in [1.807, 2.05) is 146 Å². The number of nitriles is 2. The van der Waals surface area contributed by atoms with E-state index in [1.54, 1.807) is 14.2 Å². The summed E-state index contributed by atoms with van der Waals surface area (Å²) in [6.45, 7) is 0. The molecule has 0 bridgehead atoms. The Labute approximate surface area is 496 Å². The zero-order valence-electron chi connectivity index (χ0n) is 46.6. The fraction of sp³-hybridized carbons (Fsp3) is 0.0270. The van der Waals surface area contributed by atoms with Crippen molar-refractivity contribution in [1.29, 1.82) is 10.5 Å². The number of ether oxygens (including phenoxy) is 2. The van der Waals surface area contributed by atoms with Crippen LogP contribution < -0.4 is 29.9 Å². The standard InChI is InChI=1S/C74H50N10O2/c1-85-61-37-33-59(34-38-61)83(55-25-15-47(16-26-55)53-23-41-69(77-45-53)81-73-63-11-3-7-51-9-5-13-67(79-73)71(51)63)57-29-19-49(20-30-57)65(43-75)66(44-76)50-21-31-58(32-22-50)84(60-35-39-62(86-2)40-36-60)56-27-17-48(18-28-56)54-24-42-70(78-46-54)82-74-64-12-4-8-52-10-6-14-68(80-74)72(52)64/h3-42,45-46H,1-2H3,(H,77,79,81)(H,78,80,82)/b66-65+. The molecule has 2 aliphatic heterocycles. The SMILES string of the molecule is COc1ccc(N(c2ccc(/C(C#N)=C(\C#N)c3ccc(N(c4ccc(OC)cc4)c4ccc(-c5ccc(N=C6Nc7cccc8cccc6c78)nc5)cc4)cc3)cc2)c2ccc(-c3ccc(N=C4Nc5cccc6cccc4c56)nc3)cc2)cc1. The second-order valence-corrected chi connectivity index (χ2v) is 20.6. The third-order valence-corrected chi connectivity index (χ3v) is 15.7. The highest BCUT2D eigenvalue weighted by Crippen LogP contribution is 2.42. The normalized spacial score (nSPS) is 13.2. The third-order valence-electron chi connectivity index (χ3n) is 15.7. The Morgan fingerprint density at radius 2 is 0.709 bits per heavy atom. The lowest BCUT2D eigenvalue weighted by Gasteiger charge is -2.26. The van der Waals surface area contributed by atoms with E-state index in [0.29, 0.717) is 22.8 Å². The van der Waals surface area contributed by atoms with Gasteiger partial charge in [0.25, 0.3) is 0 Å². The van der Waals surface area contributed by atoms with Gasteiger partial charge in [-0.15, -0.1) is 0 Å². The Kier molecular flexibility index (Phi) is 13.5. The van der Waals surface area contributed by atoms with Gasteiger partial charge in [0.05, 0.1) is 25.4 Å². The van der Waals surface area contributed by atoms with E-state index in [1.165, 1.54) is 21.5 Å². The number of aliphatic imine (C=N–C) groups is 2. The van der Waals surface area contributed by atoms with Crippen LogP contribution in [0.1, 0.15) is 22.3 Å². The molecule has 12 aromatic rings. The molecule has 0 radical (unpaired) electrons. The minimum atomic E-state index is 0.260. The molecule has 408 valence electrons. The number of rotatable bonds is 14. The van der Waals surface area contributed by atoms with E-state index in [2.05, 4.69) is 142 Å². The van der Waals surface area contributed by atoms with Gasteiger partial charge in [0.15, 0.2) is 11.6 Å². The van der Waals surface area contributed by atoms with Crippen molar-refractivity contribution >= 4 is 101 Å². The van der Waals surface area contributed by atoms with Gasteiger partial charge in [-0.3, -0.25) is 0 Å². The van der Waals surface area contributed by atoms with E-state index in [4.69, 9.17) is 29.4 Å². The van der Waals surface area contributed by atoms with Crippen molar-refractivity contribution in [2.45, 2.75) is 0 Å². The topological polar surface area (TPSA) is 147 Å². The van der Waals surface area contributed by atoms with Crippen LogP contribution in [0, 0.1) is 22.7 Å². The molecule has 2 aromatic heterocycles. The molecular formula is C74H50N10O2. The maximum absolute atomic E-state index is 10.8. The predicted octanol–water partition coefficient (Wildman–Crippen LogP) is 18.0. The first-order valence-corrected chi connectivity index (χ1v) is 27.9. The number of nitrogens with zero attached hydrogens (tertiary/aromatic N) is 8. The lowest BCUT2D eigenvalue weighted by molar-refractivity contribution is 0.414. The number of allylic oxidation sites excluding steroid dienone is 2. The van der Waals surface area contributed by atoms with Crippen molar-refractivity contribution in [3.63, 3.8) is 0 Å². The summed E-state index contributed by atoms with van der Waals surface area (Å²) in [6, 6.07) is 85.5. The van der Waals surface area contributed by atoms with Gasteiger partial charge in [-0.1, -0.05) is 109 Å². The molecule has 0 unspecified atom stereocenters. The number of hydrogen-bond acceptors (Lipinski definition) is 10. The van der Waals surface area contributed by atoms with Gasteiger partial charge in [0.1, 0.15) is 35.3 Å². The van der Waals surface area contributed by atoms with Gasteiger partial charge in [-0.25, -0.2) is 20.0 Å². The van der Waals surface area contributed by atoms with Crippen LogP contribution in [-0.4, -0.2) is 35.9 Å². The Morgan fingerprint density at radius 3 is 1.03 bits per heavy atom. The quantitative estimate of drug-likeness (QED) is 0.0797. The van der Waals surface area contributed by atoms with Crippen molar-refractivity contribution in [2.75, 3.05) is 34.7 Å². The van der Waals surface area contributed by atoms with Crippen molar-refractivity contribution in [2.24, 2.45) is 9.98 Å². The van der Waals surface area contributed by atoms with Gasteiger partial charge in [-0.05, 0) is 166 Å². The zero-order chi connectivity index (χ0) is 58.1. The number of benzene rings is 10.